The number of hydrogen-bond donors (Lipinski definition) is 0. The molecule has 3 atom stereocenters. The predicted molar refractivity (Wildman–Crippen MR) is 42.2 cm³/mol. The molecule has 54 valence electrons. The molecule has 0 N–H and O–H groups in total. The van der Waals surface area contributed by atoms with Crippen molar-refractivity contribution in [3.63, 3.8) is 0 Å². The Bertz CT molecular complexity index is 85.0. The Morgan fingerprint density at radius 3 is 2.67 bits per heavy atom. The molecule has 1 aliphatic rings. The largest absolute Gasteiger partial charge is 0.362 e. The van der Waals surface area contributed by atoms with Crippen LogP contribution in [0.1, 0.15) is 32.6 Å². The monoisotopic (exact) mass is 146 g/mol. The highest BCUT2D eigenvalue weighted by molar-refractivity contribution is 7.09. The van der Waals surface area contributed by atoms with Gasteiger partial charge in [-0.2, -0.15) is 0 Å². The van der Waals surface area contributed by atoms with Crippen LogP contribution in [0.2, 0.25) is 0 Å². The van der Waals surface area contributed by atoms with Crippen LogP contribution in [-0.2, 0) is 4.52 Å². The summed E-state index contributed by atoms with van der Waals surface area (Å²) in [7, 11) is 2.36. The lowest BCUT2D eigenvalue weighted by Crippen LogP contribution is -2.17. The molecular formula is C7H15OP. The van der Waals surface area contributed by atoms with Crippen LogP contribution in [-0.4, -0.2) is 6.10 Å². The van der Waals surface area contributed by atoms with E-state index in [2.05, 4.69) is 16.4 Å². The van der Waals surface area contributed by atoms with Crippen molar-refractivity contribution in [2.24, 2.45) is 5.92 Å². The average molecular weight is 146 g/mol. The van der Waals surface area contributed by atoms with Gasteiger partial charge in [0.1, 0.15) is 0 Å². The minimum absolute atomic E-state index is 0.527. The van der Waals surface area contributed by atoms with Crippen molar-refractivity contribution in [3.05, 3.63) is 0 Å². The van der Waals surface area contributed by atoms with E-state index in [-0.39, 0.29) is 0 Å². The quantitative estimate of drug-likeness (QED) is 0.516. The molecule has 0 heterocycles. The first-order valence-corrected chi connectivity index (χ1v) is 4.15. The third kappa shape index (κ3) is 2.23. The first kappa shape index (κ1) is 7.50. The second kappa shape index (κ2) is 3.53. The molecule has 0 amide bonds. The van der Waals surface area contributed by atoms with E-state index in [1.165, 1.54) is 25.7 Å². The van der Waals surface area contributed by atoms with E-state index in [0.717, 1.165) is 5.92 Å². The van der Waals surface area contributed by atoms with Gasteiger partial charge >= 0.3 is 0 Å². The van der Waals surface area contributed by atoms with Crippen LogP contribution >= 0.6 is 9.47 Å². The van der Waals surface area contributed by atoms with Crippen LogP contribution in [0.5, 0.6) is 0 Å². The third-order valence-electron chi connectivity index (χ3n) is 2.08. The molecule has 1 rings (SSSR count). The van der Waals surface area contributed by atoms with Gasteiger partial charge in [-0.3, -0.25) is 0 Å². The van der Waals surface area contributed by atoms with E-state index < -0.39 is 0 Å². The standard InChI is InChI=1S/C7H15OP/c1-6-3-2-4-7(5-6)8-9/h6-7H,2-5,9H2,1H3. The second-order valence-corrected chi connectivity index (χ2v) is 3.30. The highest BCUT2D eigenvalue weighted by Gasteiger charge is 2.17. The van der Waals surface area contributed by atoms with Crippen LogP contribution in [0.25, 0.3) is 0 Å². The molecule has 9 heavy (non-hydrogen) atoms. The van der Waals surface area contributed by atoms with Crippen LogP contribution in [0.3, 0.4) is 0 Å². The van der Waals surface area contributed by atoms with Crippen molar-refractivity contribution >= 4 is 9.47 Å². The van der Waals surface area contributed by atoms with Gasteiger partial charge in [-0.1, -0.05) is 19.8 Å². The van der Waals surface area contributed by atoms with Crippen LogP contribution in [0, 0.1) is 5.92 Å². The number of hydrogen-bond acceptors (Lipinski definition) is 1. The molecule has 3 unspecified atom stereocenters. The Balaban J connectivity index is 2.23. The zero-order chi connectivity index (χ0) is 6.69. The Hall–Kier alpha value is 0.390. The SMILES string of the molecule is CC1CCCC(OP)C1. The summed E-state index contributed by atoms with van der Waals surface area (Å²) in [6.07, 6.45) is 5.78. The molecule has 0 radical (unpaired) electrons. The Morgan fingerprint density at radius 2 is 2.22 bits per heavy atom. The average Bonchev–Trinajstić information content (AvgIpc) is 1.88. The normalized spacial score (nSPS) is 36.7. The molecule has 1 fully saturated rings. The lowest BCUT2D eigenvalue weighted by Gasteiger charge is -2.24. The van der Waals surface area contributed by atoms with Gasteiger partial charge in [0.05, 0.1) is 6.10 Å². The summed E-state index contributed by atoms with van der Waals surface area (Å²) in [4.78, 5) is 0. The molecular weight excluding hydrogens is 131 g/mol. The van der Waals surface area contributed by atoms with Gasteiger partial charge in [-0.15, -0.1) is 0 Å². The van der Waals surface area contributed by atoms with Gasteiger partial charge < -0.3 is 4.52 Å². The summed E-state index contributed by atoms with van der Waals surface area (Å²) in [6, 6.07) is 0. The maximum atomic E-state index is 5.18. The maximum Gasteiger partial charge on any atom is 0.0613 e. The fourth-order valence-electron chi connectivity index (χ4n) is 1.50. The van der Waals surface area contributed by atoms with Crippen LogP contribution < -0.4 is 0 Å². The van der Waals surface area contributed by atoms with Gasteiger partial charge in [0.15, 0.2) is 0 Å². The van der Waals surface area contributed by atoms with E-state index in [1.54, 1.807) is 0 Å². The molecule has 1 saturated carbocycles. The summed E-state index contributed by atoms with van der Waals surface area (Å²) in [6.45, 7) is 2.30. The van der Waals surface area contributed by atoms with Gasteiger partial charge in [0, 0.05) is 9.47 Å². The Labute approximate surface area is 59.5 Å². The highest BCUT2D eigenvalue weighted by Crippen LogP contribution is 2.26. The molecule has 0 saturated heterocycles. The summed E-state index contributed by atoms with van der Waals surface area (Å²) in [5.74, 6) is 0.879. The first-order chi connectivity index (χ1) is 4.33. The van der Waals surface area contributed by atoms with E-state index in [0.29, 0.717) is 6.10 Å². The minimum Gasteiger partial charge on any atom is -0.362 e. The Morgan fingerprint density at radius 1 is 1.44 bits per heavy atom. The molecule has 1 nitrogen and oxygen atoms in total. The zero-order valence-electron chi connectivity index (χ0n) is 5.97. The minimum atomic E-state index is 0.527. The molecule has 0 bridgehead atoms. The highest BCUT2D eigenvalue weighted by atomic mass is 31.0. The zero-order valence-corrected chi connectivity index (χ0v) is 7.12. The Kier molecular flexibility index (Phi) is 2.94. The van der Waals surface area contributed by atoms with Crippen molar-refractivity contribution < 1.29 is 4.52 Å². The molecule has 0 aromatic rings. The molecule has 0 aromatic carbocycles. The van der Waals surface area contributed by atoms with Crippen molar-refractivity contribution in [1.29, 1.82) is 0 Å². The molecule has 2 heteroatoms. The molecule has 0 spiro atoms. The molecule has 1 aliphatic carbocycles. The summed E-state index contributed by atoms with van der Waals surface area (Å²) < 4.78 is 5.18. The molecule has 0 aromatic heterocycles. The van der Waals surface area contributed by atoms with Crippen LogP contribution in [0.15, 0.2) is 0 Å². The summed E-state index contributed by atoms with van der Waals surface area (Å²) >= 11 is 0. The van der Waals surface area contributed by atoms with E-state index >= 15 is 0 Å². The van der Waals surface area contributed by atoms with Crippen molar-refractivity contribution in [1.82, 2.24) is 0 Å². The smallest absolute Gasteiger partial charge is 0.0613 e. The van der Waals surface area contributed by atoms with E-state index in [1.807, 2.05) is 0 Å². The second-order valence-electron chi connectivity index (χ2n) is 3.03. The van der Waals surface area contributed by atoms with Crippen molar-refractivity contribution in [3.8, 4) is 0 Å². The lowest BCUT2D eigenvalue weighted by atomic mass is 9.89. The van der Waals surface area contributed by atoms with Gasteiger partial charge in [0.25, 0.3) is 0 Å². The fourth-order valence-corrected chi connectivity index (χ4v) is 1.75. The predicted octanol–water partition coefficient (Wildman–Crippen LogP) is 2.37. The topological polar surface area (TPSA) is 9.23 Å². The van der Waals surface area contributed by atoms with Crippen molar-refractivity contribution in [2.45, 2.75) is 38.7 Å². The lowest BCUT2D eigenvalue weighted by molar-refractivity contribution is 0.153. The van der Waals surface area contributed by atoms with E-state index in [4.69, 9.17) is 4.52 Å². The van der Waals surface area contributed by atoms with Crippen molar-refractivity contribution in [2.75, 3.05) is 0 Å². The summed E-state index contributed by atoms with van der Waals surface area (Å²) in [5.41, 5.74) is 0. The summed E-state index contributed by atoms with van der Waals surface area (Å²) in [5, 5.41) is 0. The third-order valence-corrected chi connectivity index (χ3v) is 2.47. The van der Waals surface area contributed by atoms with E-state index in [9.17, 15) is 0 Å². The van der Waals surface area contributed by atoms with Gasteiger partial charge in [-0.25, -0.2) is 0 Å². The fraction of sp³-hybridized carbons (Fsp3) is 1.00. The molecule has 0 aliphatic heterocycles. The van der Waals surface area contributed by atoms with Gasteiger partial charge in [0.2, 0.25) is 0 Å². The van der Waals surface area contributed by atoms with Crippen LogP contribution in [0.4, 0.5) is 0 Å². The van der Waals surface area contributed by atoms with Gasteiger partial charge in [-0.05, 0) is 18.8 Å². The first-order valence-electron chi connectivity index (χ1n) is 3.68. The maximum absolute atomic E-state index is 5.18. The number of rotatable bonds is 1.